The molecule has 3 unspecified atom stereocenters. The molecule has 2 N–H and O–H groups in total. The van der Waals surface area contributed by atoms with Crippen molar-refractivity contribution in [3.63, 3.8) is 0 Å². The fraction of sp³-hybridized carbons (Fsp3) is 0.769. The summed E-state index contributed by atoms with van der Waals surface area (Å²) in [5.74, 6) is -3.55. The van der Waals surface area contributed by atoms with Gasteiger partial charge in [-0.1, -0.05) is 54.7 Å². The van der Waals surface area contributed by atoms with E-state index in [0.29, 0.717) is 13.8 Å². The van der Waals surface area contributed by atoms with Crippen molar-refractivity contribution in [2.75, 3.05) is 0 Å². The number of hydrogen-bond donors (Lipinski definition) is 2. The lowest BCUT2D eigenvalue weighted by Crippen LogP contribution is -2.68. The van der Waals surface area contributed by atoms with E-state index in [-0.39, 0.29) is 23.5 Å². The molecule has 0 aromatic carbocycles. The lowest BCUT2D eigenvalue weighted by Gasteiger charge is -2.50. The van der Waals surface area contributed by atoms with Crippen LogP contribution in [0.1, 0.15) is 75.7 Å². The van der Waals surface area contributed by atoms with Crippen molar-refractivity contribution in [3.05, 3.63) is 24.3 Å². The molecule has 0 saturated heterocycles. The van der Waals surface area contributed by atoms with Gasteiger partial charge in [-0.15, -0.1) is 0 Å². The predicted molar refractivity (Wildman–Crippen MR) is 131 cm³/mol. The van der Waals surface area contributed by atoms with Crippen molar-refractivity contribution in [2.45, 2.75) is 111 Å². The van der Waals surface area contributed by atoms with E-state index in [0.717, 1.165) is 0 Å². The summed E-state index contributed by atoms with van der Waals surface area (Å²) in [6.45, 7) is 19.8. The number of aliphatic hydroxyl groups is 2. The molecule has 0 radical (unpaired) electrons. The summed E-state index contributed by atoms with van der Waals surface area (Å²) in [6, 6.07) is 0. The molecule has 0 aliphatic heterocycles. The number of alkyl halides is 6. The Hall–Kier alpha value is -2.08. The van der Waals surface area contributed by atoms with E-state index in [1.165, 1.54) is 41.5 Å². The molecule has 3 atom stereocenters. The number of rotatable bonds is 10. The molecule has 0 aromatic heterocycles. The molecule has 0 fully saturated rings. The first-order valence-corrected chi connectivity index (χ1v) is 11.9. The second-order valence-electron chi connectivity index (χ2n) is 10.8. The van der Waals surface area contributed by atoms with Crippen LogP contribution in [-0.2, 0) is 19.1 Å². The maximum atomic E-state index is 13.2. The number of ether oxygens (including phenoxy) is 2. The smallest absolute Gasteiger partial charge is 0.420 e. The summed E-state index contributed by atoms with van der Waals surface area (Å²) in [5, 5.41) is 19.7. The maximum Gasteiger partial charge on any atom is 0.420 e. The molecule has 0 heterocycles. The van der Waals surface area contributed by atoms with E-state index in [4.69, 9.17) is 9.47 Å². The van der Waals surface area contributed by atoms with Crippen LogP contribution >= 0.6 is 0 Å². The zero-order valence-corrected chi connectivity index (χ0v) is 23.7. The maximum absolute atomic E-state index is 13.2. The summed E-state index contributed by atoms with van der Waals surface area (Å²) in [5.41, 5.74) is -8.38. The van der Waals surface area contributed by atoms with Gasteiger partial charge >= 0.3 is 24.3 Å². The number of carbonyl (C=O) groups excluding carboxylic acids is 2. The van der Waals surface area contributed by atoms with Gasteiger partial charge in [0.1, 0.15) is 6.10 Å². The van der Waals surface area contributed by atoms with Gasteiger partial charge < -0.3 is 19.7 Å². The molecule has 0 saturated carbocycles. The molecule has 0 rings (SSSR count). The standard InChI is InChI=1S/C14H23F3O3.C12H19F3O3/c1-8(2)11(18)20-13(9(3)4,10(5)6)12(7,19)14(15,16)17;1-7(2)6-9(18-10(16)8(3)4)11(5,17)12(13,14)15/h9-10,19H,1H2,2-7H3;7,9,17H,3,6H2,1-2,4-5H3. The topological polar surface area (TPSA) is 93.1 Å². The Bertz CT molecular complexity index is 830. The molecule has 0 aliphatic carbocycles. The number of carbonyl (C=O) groups is 2. The normalized spacial score (nSPS) is 16.7. The van der Waals surface area contributed by atoms with Crippen LogP contribution in [0.2, 0.25) is 0 Å². The molecule has 38 heavy (non-hydrogen) atoms. The van der Waals surface area contributed by atoms with Crippen LogP contribution in [-0.4, -0.2) is 57.4 Å². The Morgan fingerprint density at radius 3 is 1.37 bits per heavy atom. The van der Waals surface area contributed by atoms with Gasteiger partial charge in [0, 0.05) is 11.1 Å². The lowest BCUT2D eigenvalue weighted by molar-refractivity contribution is -0.331. The zero-order valence-electron chi connectivity index (χ0n) is 23.7. The van der Waals surface area contributed by atoms with Crippen molar-refractivity contribution in [3.8, 4) is 0 Å². The Balaban J connectivity index is 0. The van der Waals surface area contributed by atoms with Gasteiger partial charge in [0.25, 0.3) is 0 Å². The number of hydrogen-bond acceptors (Lipinski definition) is 6. The molecule has 0 aromatic rings. The Morgan fingerprint density at radius 2 is 1.13 bits per heavy atom. The van der Waals surface area contributed by atoms with Crippen LogP contribution in [0.15, 0.2) is 24.3 Å². The minimum atomic E-state index is -4.93. The number of esters is 2. The van der Waals surface area contributed by atoms with Gasteiger partial charge in [0.15, 0.2) is 16.8 Å². The van der Waals surface area contributed by atoms with E-state index in [1.807, 2.05) is 0 Å². The average molecular weight is 565 g/mol. The van der Waals surface area contributed by atoms with Crippen LogP contribution in [0.25, 0.3) is 0 Å². The highest BCUT2D eigenvalue weighted by Crippen LogP contribution is 2.48. The molecule has 0 spiro atoms. The van der Waals surface area contributed by atoms with Crippen molar-refractivity contribution in [2.24, 2.45) is 17.8 Å². The van der Waals surface area contributed by atoms with Crippen LogP contribution in [0.4, 0.5) is 26.3 Å². The fourth-order valence-electron chi connectivity index (χ4n) is 3.82. The first-order chi connectivity index (χ1) is 16.6. The summed E-state index contributed by atoms with van der Waals surface area (Å²) < 4.78 is 87.7. The third-order valence-corrected chi connectivity index (χ3v) is 6.12. The van der Waals surface area contributed by atoms with Crippen molar-refractivity contribution in [1.29, 1.82) is 0 Å². The minimum absolute atomic E-state index is 0.0123. The second-order valence-corrected chi connectivity index (χ2v) is 10.8. The van der Waals surface area contributed by atoms with Crippen molar-refractivity contribution in [1.82, 2.24) is 0 Å². The third kappa shape index (κ3) is 9.00. The Labute approximate surface area is 221 Å². The SMILES string of the molecule is C=C(C)C(=O)OC(C(C)C)(C(C)C)C(C)(O)C(F)(F)F.C=C(C)C(=O)OC(CC(C)C)C(C)(O)C(F)(F)F. The van der Waals surface area contributed by atoms with Crippen LogP contribution in [0.5, 0.6) is 0 Å². The fourth-order valence-corrected chi connectivity index (χ4v) is 3.82. The summed E-state index contributed by atoms with van der Waals surface area (Å²) in [7, 11) is 0. The number of halogens is 6. The largest absolute Gasteiger partial charge is 0.456 e. The van der Waals surface area contributed by atoms with Crippen molar-refractivity contribution < 1.29 is 55.6 Å². The van der Waals surface area contributed by atoms with Gasteiger partial charge in [-0.3, -0.25) is 0 Å². The van der Waals surface area contributed by atoms with Gasteiger partial charge in [-0.2, -0.15) is 26.3 Å². The molecule has 12 heteroatoms. The minimum Gasteiger partial charge on any atom is -0.456 e. The van der Waals surface area contributed by atoms with E-state index in [9.17, 15) is 46.1 Å². The molecule has 0 amide bonds. The molecular weight excluding hydrogens is 522 g/mol. The van der Waals surface area contributed by atoms with E-state index in [1.54, 1.807) is 13.8 Å². The highest BCUT2D eigenvalue weighted by Gasteiger charge is 2.68. The van der Waals surface area contributed by atoms with Gasteiger partial charge in [0.05, 0.1) is 0 Å². The lowest BCUT2D eigenvalue weighted by atomic mass is 9.68. The van der Waals surface area contributed by atoms with E-state index < -0.39 is 59.0 Å². The summed E-state index contributed by atoms with van der Waals surface area (Å²) in [4.78, 5) is 23.0. The molecule has 224 valence electrons. The monoisotopic (exact) mass is 564 g/mol. The van der Waals surface area contributed by atoms with Gasteiger partial charge in [-0.25, -0.2) is 9.59 Å². The third-order valence-electron chi connectivity index (χ3n) is 6.12. The van der Waals surface area contributed by atoms with Crippen LogP contribution in [0.3, 0.4) is 0 Å². The highest BCUT2D eigenvalue weighted by atomic mass is 19.4. The van der Waals surface area contributed by atoms with Gasteiger partial charge in [0.2, 0.25) is 0 Å². The zero-order chi connectivity index (χ0) is 31.2. The Kier molecular flexibility index (Phi) is 13.3. The summed E-state index contributed by atoms with van der Waals surface area (Å²) in [6.07, 6.45) is -11.5. The van der Waals surface area contributed by atoms with Crippen molar-refractivity contribution >= 4 is 11.9 Å². The predicted octanol–water partition coefficient (Wildman–Crippen LogP) is 6.30. The molecule has 0 bridgehead atoms. The quantitative estimate of drug-likeness (QED) is 0.184. The van der Waals surface area contributed by atoms with Crippen LogP contribution < -0.4 is 0 Å². The van der Waals surface area contributed by atoms with E-state index in [2.05, 4.69) is 13.2 Å². The average Bonchev–Trinajstić information content (AvgIpc) is 2.68. The van der Waals surface area contributed by atoms with E-state index >= 15 is 0 Å². The molecule has 6 nitrogen and oxygen atoms in total. The second kappa shape index (κ2) is 13.3. The Morgan fingerprint density at radius 1 is 0.763 bits per heavy atom. The molecule has 0 aliphatic rings. The first-order valence-electron chi connectivity index (χ1n) is 11.9. The van der Waals surface area contributed by atoms with Crippen LogP contribution in [0, 0.1) is 17.8 Å². The summed E-state index contributed by atoms with van der Waals surface area (Å²) >= 11 is 0. The molecular formula is C26H42F6O6. The first kappa shape index (κ1) is 38.1. The highest BCUT2D eigenvalue weighted by molar-refractivity contribution is 5.87. The van der Waals surface area contributed by atoms with Gasteiger partial charge in [-0.05, 0) is 51.9 Å².